The predicted molar refractivity (Wildman–Crippen MR) is 70.4 cm³/mol. The van der Waals surface area contributed by atoms with Crippen LogP contribution in [-0.4, -0.2) is 25.7 Å². The van der Waals surface area contributed by atoms with Crippen LogP contribution in [0.1, 0.15) is 29.7 Å². The van der Waals surface area contributed by atoms with Crippen molar-refractivity contribution in [2.75, 3.05) is 0 Å². The lowest BCUT2D eigenvalue weighted by Crippen LogP contribution is -2.19. The summed E-state index contributed by atoms with van der Waals surface area (Å²) < 4.78 is 2.00. The average Bonchev–Trinajstić information content (AvgIpc) is 2.86. The van der Waals surface area contributed by atoms with E-state index >= 15 is 0 Å². The Labute approximate surface area is 110 Å². The van der Waals surface area contributed by atoms with E-state index in [-0.39, 0.29) is 0 Å². The molecule has 0 unspecified atom stereocenters. The topological polar surface area (TPSA) is 63.3 Å². The van der Waals surface area contributed by atoms with Crippen molar-refractivity contribution in [1.29, 1.82) is 0 Å². The summed E-state index contributed by atoms with van der Waals surface area (Å²) in [6.45, 7) is 0.905. The highest BCUT2D eigenvalue weighted by atomic mass is 16.4. The van der Waals surface area contributed by atoms with Crippen LogP contribution in [0.4, 0.5) is 0 Å². The zero-order valence-corrected chi connectivity index (χ0v) is 10.5. The standard InChI is InChI=1S/C14H14N4O/c19-17-12-2-1-7-18-14(12)11-4-3-9-8-15-6-5-10(9)13(11)16-18/h5-6,8,19H,1-4,7H2/b17-12+. The van der Waals surface area contributed by atoms with Crippen molar-refractivity contribution in [3.05, 3.63) is 35.3 Å². The Morgan fingerprint density at radius 3 is 3.11 bits per heavy atom. The number of pyridine rings is 1. The first-order valence-electron chi connectivity index (χ1n) is 6.62. The lowest BCUT2D eigenvalue weighted by molar-refractivity contribution is 0.316. The molecule has 1 N–H and O–H groups in total. The number of oxime groups is 1. The molecule has 1 aliphatic carbocycles. The van der Waals surface area contributed by atoms with Gasteiger partial charge in [0.2, 0.25) is 0 Å². The summed E-state index contributed by atoms with van der Waals surface area (Å²) in [5, 5.41) is 17.4. The second kappa shape index (κ2) is 3.91. The Kier molecular flexibility index (Phi) is 2.21. The molecule has 2 aromatic heterocycles. The van der Waals surface area contributed by atoms with Crippen LogP contribution < -0.4 is 0 Å². The molecule has 0 atom stereocenters. The van der Waals surface area contributed by atoms with Gasteiger partial charge in [0.1, 0.15) is 5.71 Å². The number of fused-ring (bicyclic) bond motifs is 5. The summed E-state index contributed by atoms with van der Waals surface area (Å²) in [5.74, 6) is 0. The van der Waals surface area contributed by atoms with E-state index in [9.17, 15) is 5.21 Å². The Morgan fingerprint density at radius 1 is 1.26 bits per heavy atom. The van der Waals surface area contributed by atoms with Gasteiger partial charge in [-0.15, -0.1) is 0 Å². The summed E-state index contributed by atoms with van der Waals surface area (Å²) in [4.78, 5) is 4.19. The van der Waals surface area contributed by atoms with Crippen molar-refractivity contribution in [2.24, 2.45) is 5.16 Å². The van der Waals surface area contributed by atoms with Gasteiger partial charge in [0.05, 0.1) is 11.4 Å². The lowest BCUT2D eigenvalue weighted by Gasteiger charge is -2.17. The minimum Gasteiger partial charge on any atom is -0.411 e. The monoisotopic (exact) mass is 254 g/mol. The zero-order valence-electron chi connectivity index (χ0n) is 10.5. The highest BCUT2D eigenvalue weighted by Crippen LogP contribution is 2.35. The molecule has 19 heavy (non-hydrogen) atoms. The van der Waals surface area contributed by atoms with E-state index in [2.05, 4.69) is 10.1 Å². The fraction of sp³-hybridized carbons (Fsp3) is 0.357. The molecule has 0 radical (unpaired) electrons. The van der Waals surface area contributed by atoms with E-state index in [1.54, 1.807) is 0 Å². The number of aryl methyl sites for hydroxylation is 2. The maximum absolute atomic E-state index is 9.19. The molecular weight excluding hydrogens is 240 g/mol. The number of aromatic nitrogens is 3. The number of hydrogen-bond donors (Lipinski definition) is 1. The summed E-state index contributed by atoms with van der Waals surface area (Å²) in [6.07, 6.45) is 7.48. The molecule has 2 aromatic rings. The van der Waals surface area contributed by atoms with Crippen molar-refractivity contribution in [2.45, 2.75) is 32.2 Å². The van der Waals surface area contributed by atoms with Gasteiger partial charge in [-0.05, 0) is 37.3 Å². The first kappa shape index (κ1) is 10.7. The van der Waals surface area contributed by atoms with Crippen LogP contribution in [0.25, 0.3) is 11.3 Å². The SMILES string of the molecule is O/N=C1\CCCn2nc3c(c21)CCc1cnccc1-3. The van der Waals surface area contributed by atoms with E-state index in [0.717, 1.165) is 49.3 Å². The van der Waals surface area contributed by atoms with Gasteiger partial charge in [0.15, 0.2) is 0 Å². The van der Waals surface area contributed by atoms with E-state index in [1.807, 2.05) is 23.1 Å². The highest BCUT2D eigenvalue weighted by molar-refractivity contribution is 6.02. The molecule has 0 fully saturated rings. The fourth-order valence-electron chi connectivity index (χ4n) is 3.17. The highest BCUT2D eigenvalue weighted by Gasteiger charge is 2.29. The van der Waals surface area contributed by atoms with Gasteiger partial charge in [0.25, 0.3) is 0 Å². The van der Waals surface area contributed by atoms with Gasteiger partial charge >= 0.3 is 0 Å². The third kappa shape index (κ3) is 1.44. The third-order valence-corrected chi connectivity index (χ3v) is 4.03. The second-order valence-corrected chi connectivity index (χ2v) is 5.08. The van der Waals surface area contributed by atoms with E-state index in [0.29, 0.717) is 0 Å². The average molecular weight is 254 g/mol. The predicted octanol–water partition coefficient (Wildman–Crippen LogP) is 2.02. The molecule has 0 bridgehead atoms. The Morgan fingerprint density at radius 2 is 2.21 bits per heavy atom. The van der Waals surface area contributed by atoms with E-state index < -0.39 is 0 Å². The number of rotatable bonds is 0. The maximum atomic E-state index is 9.19. The maximum Gasteiger partial charge on any atom is 0.105 e. The largest absolute Gasteiger partial charge is 0.411 e. The van der Waals surface area contributed by atoms with Gasteiger partial charge in [-0.25, -0.2) is 0 Å². The van der Waals surface area contributed by atoms with Crippen molar-refractivity contribution in [1.82, 2.24) is 14.8 Å². The molecule has 3 heterocycles. The summed E-state index contributed by atoms with van der Waals surface area (Å²) >= 11 is 0. The third-order valence-electron chi connectivity index (χ3n) is 4.03. The molecule has 96 valence electrons. The Balaban J connectivity index is 1.98. The molecule has 5 heteroatoms. The van der Waals surface area contributed by atoms with E-state index in [1.165, 1.54) is 16.7 Å². The first-order chi connectivity index (χ1) is 9.38. The van der Waals surface area contributed by atoms with Crippen LogP contribution in [-0.2, 0) is 19.4 Å². The molecular formula is C14H14N4O. The zero-order chi connectivity index (χ0) is 12.8. The number of nitrogens with zero attached hydrogens (tertiary/aromatic N) is 4. The molecule has 0 aromatic carbocycles. The summed E-state index contributed by atoms with van der Waals surface area (Å²) in [7, 11) is 0. The van der Waals surface area contributed by atoms with Crippen LogP contribution in [0, 0.1) is 0 Å². The van der Waals surface area contributed by atoms with Crippen LogP contribution in [0.2, 0.25) is 0 Å². The van der Waals surface area contributed by atoms with Crippen LogP contribution in [0.5, 0.6) is 0 Å². The van der Waals surface area contributed by atoms with Crippen LogP contribution >= 0.6 is 0 Å². The molecule has 0 saturated carbocycles. The van der Waals surface area contributed by atoms with Crippen molar-refractivity contribution < 1.29 is 5.21 Å². The van der Waals surface area contributed by atoms with Gasteiger partial charge in [0, 0.05) is 30.1 Å². The quantitative estimate of drug-likeness (QED) is 0.578. The van der Waals surface area contributed by atoms with Gasteiger partial charge in [-0.1, -0.05) is 5.16 Å². The molecule has 2 aliphatic rings. The number of hydrogen-bond acceptors (Lipinski definition) is 4. The Bertz CT molecular complexity index is 687. The second-order valence-electron chi connectivity index (χ2n) is 5.08. The van der Waals surface area contributed by atoms with Crippen molar-refractivity contribution >= 4 is 5.71 Å². The first-order valence-corrected chi connectivity index (χ1v) is 6.62. The lowest BCUT2D eigenvalue weighted by atomic mass is 9.88. The van der Waals surface area contributed by atoms with E-state index in [4.69, 9.17) is 5.10 Å². The van der Waals surface area contributed by atoms with Gasteiger partial charge in [-0.2, -0.15) is 5.10 Å². The molecule has 5 nitrogen and oxygen atoms in total. The van der Waals surface area contributed by atoms with Crippen LogP contribution in [0.3, 0.4) is 0 Å². The minimum absolute atomic E-state index is 0.775. The molecule has 0 saturated heterocycles. The normalized spacial score (nSPS) is 18.8. The molecule has 0 amide bonds. The molecule has 0 spiro atoms. The molecule has 1 aliphatic heterocycles. The summed E-state index contributed by atoms with van der Waals surface area (Å²) in [6, 6.07) is 2.03. The smallest absolute Gasteiger partial charge is 0.105 e. The minimum atomic E-state index is 0.775. The van der Waals surface area contributed by atoms with Gasteiger partial charge in [-0.3, -0.25) is 9.67 Å². The van der Waals surface area contributed by atoms with Crippen LogP contribution in [0.15, 0.2) is 23.6 Å². The van der Waals surface area contributed by atoms with Crippen molar-refractivity contribution in [3.63, 3.8) is 0 Å². The summed E-state index contributed by atoms with van der Waals surface area (Å²) in [5.41, 5.74) is 6.51. The fourth-order valence-corrected chi connectivity index (χ4v) is 3.17. The Hall–Kier alpha value is -2.17. The van der Waals surface area contributed by atoms with Gasteiger partial charge < -0.3 is 5.21 Å². The van der Waals surface area contributed by atoms with Crippen molar-refractivity contribution in [3.8, 4) is 11.3 Å². The molecule has 4 rings (SSSR count).